The number of ether oxygens (including phenoxy) is 9. The van der Waals surface area contributed by atoms with Crippen molar-refractivity contribution in [3.05, 3.63) is 29.6 Å². The fourth-order valence-electron chi connectivity index (χ4n) is 2.97. The van der Waals surface area contributed by atoms with E-state index >= 15 is 0 Å². The Balaban J connectivity index is 2.87. The van der Waals surface area contributed by atoms with Crippen LogP contribution in [0.5, 0.6) is 0 Å². The lowest BCUT2D eigenvalue weighted by Crippen LogP contribution is -2.42. The zero-order valence-electron chi connectivity index (χ0n) is 21.6. The second kappa shape index (κ2) is 21.4. The molecule has 0 spiro atoms. The van der Waals surface area contributed by atoms with Gasteiger partial charge < -0.3 is 47.7 Å². The van der Waals surface area contributed by atoms with Crippen LogP contribution in [-0.4, -0.2) is 123 Å². The van der Waals surface area contributed by atoms with Crippen molar-refractivity contribution in [1.29, 1.82) is 0 Å². The molecule has 1 heterocycles. The van der Waals surface area contributed by atoms with Gasteiger partial charge in [-0.3, -0.25) is 4.98 Å². The average molecular weight is 520 g/mol. The van der Waals surface area contributed by atoms with E-state index in [1.165, 1.54) is 18.5 Å². The maximum Gasteiger partial charge on any atom is 0.336 e. The molecule has 1 rings (SSSR count). The number of carboxylic acid groups (broad SMARTS) is 1. The monoisotopic (exact) mass is 519 g/mol. The molecule has 12 nitrogen and oxygen atoms in total. The molecule has 0 amide bonds. The van der Waals surface area contributed by atoms with Crippen LogP contribution in [0.4, 0.5) is 0 Å². The summed E-state index contributed by atoms with van der Waals surface area (Å²) >= 11 is 0. The maximum atomic E-state index is 11.6. The number of aromatic carboxylic acids is 1. The van der Waals surface area contributed by atoms with E-state index in [0.717, 1.165) is 0 Å². The molecule has 0 unspecified atom stereocenters. The van der Waals surface area contributed by atoms with Crippen molar-refractivity contribution in [2.24, 2.45) is 0 Å². The number of carbonyl (C=O) groups is 1. The molecule has 0 saturated carbocycles. The summed E-state index contributed by atoms with van der Waals surface area (Å²) in [5, 5.41) is 9.53. The zero-order chi connectivity index (χ0) is 26.3. The van der Waals surface area contributed by atoms with Crippen LogP contribution in [0.15, 0.2) is 18.5 Å². The van der Waals surface area contributed by atoms with Crippen LogP contribution in [-0.2, 0) is 49.1 Å². The minimum atomic E-state index is -1.48. The fraction of sp³-hybridized carbons (Fsp3) is 0.750. The quantitative estimate of drug-likeness (QED) is 0.148. The smallest absolute Gasteiger partial charge is 0.336 e. The van der Waals surface area contributed by atoms with Crippen LogP contribution in [0.25, 0.3) is 0 Å². The number of hydrogen-bond acceptors (Lipinski definition) is 11. The van der Waals surface area contributed by atoms with Gasteiger partial charge in [-0.05, 0) is 18.1 Å². The van der Waals surface area contributed by atoms with Crippen LogP contribution in [0.2, 0.25) is 0 Å². The highest BCUT2D eigenvalue weighted by atomic mass is 16.9. The summed E-state index contributed by atoms with van der Waals surface area (Å²) < 4.78 is 49.6. The Bertz CT molecular complexity index is 636. The molecule has 0 aliphatic heterocycles. The highest BCUT2D eigenvalue weighted by Gasteiger charge is 2.34. The molecule has 1 aromatic rings. The summed E-state index contributed by atoms with van der Waals surface area (Å²) in [6, 6.07) is 1.46. The van der Waals surface area contributed by atoms with E-state index in [1.807, 2.05) is 0 Å². The first-order chi connectivity index (χ1) is 17.6. The number of aryl methyl sites for hydroxylation is 1. The van der Waals surface area contributed by atoms with E-state index < -0.39 is 11.9 Å². The van der Waals surface area contributed by atoms with Gasteiger partial charge in [-0.15, -0.1) is 0 Å². The molecule has 12 heteroatoms. The van der Waals surface area contributed by atoms with E-state index in [-0.39, 0.29) is 38.2 Å². The highest BCUT2D eigenvalue weighted by Crippen LogP contribution is 2.24. The van der Waals surface area contributed by atoms with E-state index in [1.54, 1.807) is 21.3 Å². The Morgan fingerprint density at radius 3 is 1.61 bits per heavy atom. The predicted molar refractivity (Wildman–Crippen MR) is 128 cm³/mol. The molecule has 0 bridgehead atoms. The Hall–Kier alpha value is -1.74. The molecule has 0 radical (unpaired) electrons. The molecule has 36 heavy (non-hydrogen) atoms. The Kier molecular flexibility index (Phi) is 19.2. The van der Waals surface area contributed by atoms with Gasteiger partial charge in [0.1, 0.15) is 0 Å². The van der Waals surface area contributed by atoms with Crippen LogP contribution >= 0.6 is 0 Å². The van der Waals surface area contributed by atoms with Gasteiger partial charge in [0.2, 0.25) is 0 Å². The maximum absolute atomic E-state index is 11.6. The van der Waals surface area contributed by atoms with Crippen LogP contribution in [0.3, 0.4) is 0 Å². The van der Waals surface area contributed by atoms with Gasteiger partial charge in [0.25, 0.3) is 5.97 Å². The zero-order valence-corrected chi connectivity index (χ0v) is 21.6. The third kappa shape index (κ3) is 14.7. The fourth-order valence-corrected chi connectivity index (χ4v) is 2.97. The molecule has 208 valence electrons. The Labute approximate surface area is 213 Å². The van der Waals surface area contributed by atoms with E-state index in [9.17, 15) is 9.90 Å². The second-order valence-corrected chi connectivity index (χ2v) is 7.38. The van der Waals surface area contributed by atoms with E-state index in [2.05, 4.69) is 4.98 Å². The summed E-state index contributed by atoms with van der Waals surface area (Å²) in [6.45, 7) is 4.08. The number of nitrogens with zero attached hydrogens (tertiary/aromatic N) is 1. The number of hydrogen-bond donors (Lipinski definition) is 1. The summed E-state index contributed by atoms with van der Waals surface area (Å²) in [6.07, 6.45) is 3.45. The molecule has 1 aromatic heterocycles. The first kappa shape index (κ1) is 32.3. The summed E-state index contributed by atoms with van der Waals surface area (Å²) in [7, 11) is 4.79. The van der Waals surface area contributed by atoms with Gasteiger partial charge in [0.05, 0.1) is 84.8 Å². The summed E-state index contributed by atoms with van der Waals surface area (Å²) in [5.74, 6) is -2.52. The molecule has 0 saturated heterocycles. The average Bonchev–Trinajstić information content (AvgIpc) is 2.89. The van der Waals surface area contributed by atoms with Crippen molar-refractivity contribution in [3.8, 4) is 0 Å². The summed E-state index contributed by atoms with van der Waals surface area (Å²) in [4.78, 5) is 15.7. The van der Waals surface area contributed by atoms with Crippen molar-refractivity contribution in [2.75, 3.05) is 101 Å². The van der Waals surface area contributed by atoms with Gasteiger partial charge in [0.15, 0.2) is 0 Å². The standard InChI is InChI=1S/C24H41NO11/c1-28-8-11-31-14-17-34-24(35-18-15-32-12-9-29-2,36-19-16-33-13-10-30-3)6-4-21-20-25-7-5-22(21)23(26)27/h5,7,20H,4,6,8-19H2,1-3H3,(H,26,27). The molecule has 0 aromatic carbocycles. The summed E-state index contributed by atoms with van der Waals surface area (Å²) in [5.41, 5.74) is 0.696. The lowest BCUT2D eigenvalue weighted by molar-refractivity contribution is -0.387. The predicted octanol–water partition coefficient (Wildman–Crippen LogP) is 1.41. The first-order valence-corrected chi connectivity index (χ1v) is 11.9. The van der Waals surface area contributed by atoms with Gasteiger partial charge in [0, 0.05) is 40.1 Å². The number of carboxylic acids is 1. The van der Waals surface area contributed by atoms with Gasteiger partial charge >= 0.3 is 5.97 Å². The third-order valence-corrected chi connectivity index (χ3v) is 4.78. The SMILES string of the molecule is COCCOCCOC(CCc1cnccc1C(=O)O)(OCCOCCOC)OCCOCCOC. The van der Waals surface area contributed by atoms with Crippen molar-refractivity contribution in [3.63, 3.8) is 0 Å². The molecule has 0 aliphatic carbocycles. The van der Waals surface area contributed by atoms with E-state index in [0.29, 0.717) is 65.0 Å². The minimum Gasteiger partial charge on any atom is -0.478 e. The number of rotatable bonds is 25. The topological polar surface area (TPSA) is 133 Å². The largest absolute Gasteiger partial charge is 0.478 e. The van der Waals surface area contributed by atoms with Gasteiger partial charge in [-0.2, -0.15) is 0 Å². The van der Waals surface area contributed by atoms with Crippen molar-refractivity contribution >= 4 is 5.97 Å². The van der Waals surface area contributed by atoms with Crippen LogP contribution in [0.1, 0.15) is 22.3 Å². The Morgan fingerprint density at radius 1 is 0.750 bits per heavy atom. The lowest BCUT2D eigenvalue weighted by Gasteiger charge is -2.33. The number of methoxy groups -OCH3 is 3. The molecule has 0 aliphatic rings. The Morgan fingerprint density at radius 2 is 1.19 bits per heavy atom. The number of pyridine rings is 1. The molecule has 0 fully saturated rings. The molecular formula is C24H41NO11. The normalized spacial score (nSPS) is 11.8. The molecule has 1 N–H and O–H groups in total. The lowest BCUT2D eigenvalue weighted by atomic mass is 10.0. The molecular weight excluding hydrogens is 478 g/mol. The molecule has 0 atom stereocenters. The third-order valence-electron chi connectivity index (χ3n) is 4.78. The van der Waals surface area contributed by atoms with Crippen molar-refractivity contribution in [1.82, 2.24) is 4.98 Å². The van der Waals surface area contributed by atoms with Crippen molar-refractivity contribution < 1.29 is 52.5 Å². The van der Waals surface area contributed by atoms with Gasteiger partial charge in [-0.25, -0.2) is 4.79 Å². The first-order valence-electron chi connectivity index (χ1n) is 11.9. The number of aromatic nitrogens is 1. The minimum absolute atomic E-state index is 0.160. The highest BCUT2D eigenvalue weighted by molar-refractivity contribution is 5.89. The second-order valence-electron chi connectivity index (χ2n) is 7.38. The van der Waals surface area contributed by atoms with Crippen LogP contribution in [0, 0.1) is 0 Å². The van der Waals surface area contributed by atoms with Gasteiger partial charge in [-0.1, -0.05) is 0 Å². The van der Waals surface area contributed by atoms with Crippen molar-refractivity contribution in [2.45, 2.75) is 18.8 Å². The van der Waals surface area contributed by atoms with E-state index in [4.69, 9.17) is 42.6 Å². The van der Waals surface area contributed by atoms with Crippen LogP contribution < -0.4 is 0 Å².